The van der Waals surface area contributed by atoms with Gasteiger partial charge in [0.1, 0.15) is 0 Å². The third kappa shape index (κ3) is 1.11. The Morgan fingerprint density at radius 3 is 2.43 bits per heavy atom. The van der Waals surface area contributed by atoms with Crippen LogP contribution in [0.3, 0.4) is 0 Å². The molecule has 0 radical (unpaired) electrons. The van der Waals surface area contributed by atoms with Crippen LogP contribution in [-0.4, -0.2) is 6.54 Å². The standard InChI is InChI=1S/C13H21N/c14-9-13(5-1-2-6-13)12-8-10-3-4-11(12)7-10/h3-4,10-12H,1-2,5-9,14H2. The van der Waals surface area contributed by atoms with Crippen LogP contribution >= 0.6 is 0 Å². The van der Waals surface area contributed by atoms with E-state index in [1.807, 2.05) is 0 Å². The lowest BCUT2D eigenvalue weighted by Crippen LogP contribution is -2.37. The molecule has 0 aromatic heterocycles. The molecule has 3 aliphatic rings. The molecule has 3 aliphatic carbocycles. The molecule has 2 fully saturated rings. The zero-order valence-corrected chi connectivity index (χ0v) is 8.91. The summed E-state index contributed by atoms with van der Waals surface area (Å²) in [5, 5.41) is 0. The summed E-state index contributed by atoms with van der Waals surface area (Å²) in [6, 6.07) is 0. The average molecular weight is 191 g/mol. The van der Waals surface area contributed by atoms with Crippen LogP contribution in [0.5, 0.6) is 0 Å². The summed E-state index contributed by atoms with van der Waals surface area (Å²) in [5.74, 6) is 2.74. The largest absolute Gasteiger partial charge is 0.330 e. The maximum absolute atomic E-state index is 6.06. The topological polar surface area (TPSA) is 26.0 Å². The summed E-state index contributed by atoms with van der Waals surface area (Å²) in [7, 11) is 0. The number of nitrogens with two attached hydrogens (primary N) is 1. The van der Waals surface area contributed by atoms with Crippen molar-refractivity contribution in [3.05, 3.63) is 12.2 Å². The summed E-state index contributed by atoms with van der Waals surface area (Å²) in [6.45, 7) is 0.939. The Bertz CT molecular complexity index is 250. The fourth-order valence-electron chi connectivity index (χ4n) is 4.29. The quantitative estimate of drug-likeness (QED) is 0.667. The van der Waals surface area contributed by atoms with E-state index < -0.39 is 0 Å². The van der Waals surface area contributed by atoms with E-state index in [1.54, 1.807) is 0 Å². The van der Waals surface area contributed by atoms with Gasteiger partial charge in [0.2, 0.25) is 0 Å². The molecule has 0 heterocycles. The first-order valence-corrected chi connectivity index (χ1v) is 6.22. The molecular formula is C13H21N. The molecule has 14 heavy (non-hydrogen) atoms. The molecule has 3 rings (SSSR count). The summed E-state index contributed by atoms with van der Waals surface area (Å²) >= 11 is 0. The number of hydrogen-bond donors (Lipinski definition) is 1. The molecule has 0 aliphatic heterocycles. The monoisotopic (exact) mass is 191 g/mol. The molecule has 0 spiro atoms. The van der Waals surface area contributed by atoms with Crippen LogP contribution in [0.1, 0.15) is 38.5 Å². The van der Waals surface area contributed by atoms with E-state index >= 15 is 0 Å². The van der Waals surface area contributed by atoms with Crippen LogP contribution in [0.2, 0.25) is 0 Å². The van der Waals surface area contributed by atoms with Gasteiger partial charge in [0, 0.05) is 0 Å². The van der Waals surface area contributed by atoms with E-state index in [2.05, 4.69) is 12.2 Å². The van der Waals surface area contributed by atoms with E-state index in [1.165, 1.54) is 38.5 Å². The molecule has 0 aromatic rings. The van der Waals surface area contributed by atoms with Gasteiger partial charge >= 0.3 is 0 Å². The molecule has 0 aromatic carbocycles. The van der Waals surface area contributed by atoms with Crippen LogP contribution in [0.25, 0.3) is 0 Å². The van der Waals surface area contributed by atoms with E-state index in [0.29, 0.717) is 5.41 Å². The number of hydrogen-bond acceptors (Lipinski definition) is 1. The molecule has 0 amide bonds. The van der Waals surface area contributed by atoms with E-state index in [4.69, 9.17) is 5.73 Å². The van der Waals surface area contributed by atoms with Crippen molar-refractivity contribution in [1.82, 2.24) is 0 Å². The third-order valence-corrected chi connectivity index (χ3v) is 5.07. The lowest BCUT2D eigenvalue weighted by Gasteiger charge is -2.38. The third-order valence-electron chi connectivity index (χ3n) is 5.07. The van der Waals surface area contributed by atoms with Crippen molar-refractivity contribution in [1.29, 1.82) is 0 Å². The van der Waals surface area contributed by atoms with Crippen LogP contribution < -0.4 is 5.73 Å². The van der Waals surface area contributed by atoms with Crippen LogP contribution in [-0.2, 0) is 0 Å². The van der Waals surface area contributed by atoms with Crippen LogP contribution in [0, 0.1) is 23.2 Å². The van der Waals surface area contributed by atoms with Crippen molar-refractivity contribution in [3.8, 4) is 0 Å². The van der Waals surface area contributed by atoms with Gasteiger partial charge in [-0.25, -0.2) is 0 Å². The number of rotatable bonds is 2. The Kier molecular flexibility index (Phi) is 1.98. The van der Waals surface area contributed by atoms with Gasteiger partial charge in [0.25, 0.3) is 0 Å². The molecular weight excluding hydrogens is 170 g/mol. The van der Waals surface area contributed by atoms with Crippen LogP contribution in [0.4, 0.5) is 0 Å². The summed E-state index contributed by atoms with van der Waals surface area (Å²) in [5.41, 5.74) is 6.60. The van der Waals surface area contributed by atoms with Gasteiger partial charge in [-0.15, -0.1) is 0 Å². The smallest absolute Gasteiger partial charge is 0.00177 e. The average Bonchev–Trinajstić information content (AvgIpc) is 2.94. The lowest BCUT2D eigenvalue weighted by molar-refractivity contribution is 0.148. The Hall–Kier alpha value is -0.300. The normalized spacial score (nSPS) is 43.6. The van der Waals surface area contributed by atoms with Crippen molar-refractivity contribution < 1.29 is 0 Å². The maximum Gasteiger partial charge on any atom is -0.00177 e. The lowest BCUT2D eigenvalue weighted by atomic mass is 9.68. The second-order valence-corrected chi connectivity index (χ2v) is 5.66. The molecule has 2 saturated carbocycles. The first-order valence-electron chi connectivity index (χ1n) is 6.22. The summed E-state index contributed by atoms with van der Waals surface area (Å²) in [6.07, 6.45) is 13.5. The predicted octanol–water partition coefficient (Wildman–Crippen LogP) is 2.72. The minimum atomic E-state index is 0.546. The first kappa shape index (κ1) is 8.96. The molecule has 2 bridgehead atoms. The molecule has 0 saturated heterocycles. The Balaban J connectivity index is 1.83. The SMILES string of the molecule is NCC1(C2CC3C=CC2C3)CCCC1. The minimum absolute atomic E-state index is 0.546. The molecule has 78 valence electrons. The highest BCUT2D eigenvalue weighted by molar-refractivity contribution is 5.14. The van der Waals surface area contributed by atoms with Crippen molar-refractivity contribution in [2.24, 2.45) is 28.9 Å². The molecule has 2 N–H and O–H groups in total. The molecule has 3 atom stereocenters. The zero-order valence-electron chi connectivity index (χ0n) is 8.91. The van der Waals surface area contributed by atoms with Gasteiger partial charge in [0.15, 0.2) is 0 Å². The van der Waals surface area contributed by atoms with Gasteiger partial charge < -0.3 is 5.73 Å². The van der Waals surface area contributed by atoms with Crippen LogP contribution in [0.15, 0.2) is 12.2 Å². The van der Waals surface area contributed by atoms with Gasteiger partial charge in [-0.2, -0.15) is 0 Å². The van der Waals surface area contributed by atoms with Gasteiger partial charge in [0.05, 0.1) is 0 Å². The fourth-order valence-corrected chi connectivity index (χ4v) is 4.29. The van der Waals surface area contributed by atoms with E-state index in [0.717, 1.165) is 24.3 Å². The van der Waals surface area contributed by atoms with E-state index in [9.17, 15) is 0 Å². The Morgan fingerprint density at radius 1 is 1.14 bits per heavy atom. The second-order valence-electron chi connectivity index (χ2n) is 5.66. The van der Waals surface area contributed by atoms with Gasteiger partial charge in [-0.1, -0.05) is 25.0 Å². The fraction of sp³-hybridized carbons (Fsp3) is 0.846. The predicted molar refractivity (Wildman–Crippen MR) is 58.8 cm³/mol. The Labute approximate surface area is 86.8 Å². The molecule has 1 heteroatoms. The van der Waals surface area contributed by atoms with Gasteiger partial charge in [-0.05, 0) is 55.4 Å². The van der Waals surface area contributed by atoms with Crippen molar-refractivity contribution in [2.45, 2.75) is 38.5 Å². The highest BCUT2D eigenvalue weighted by Crippen LogP contribution is 2.56. The van der Waals surface area contributed by atoms with E-state index in [-0.39, 0.29) is 0 Å². The maximum atomic E-state index is 6.06. The summed E-state index contributed by atoms with van der Waals surface area (Å²) in [4.78, 5) is 0. The minimum Gasteiger partial charge on any atom is -0.330 e. The highest BCUT2D eigenvalue weighted by atomic mass is 14.7. The van der Waals surface area contributed by atoms with Crippen molar-refractivity contribution in [3.63, 3.8) is 0 Å². The number of allylic oxidation sites excluding steroid dienone is 2. The second kappa shape index (κ2) is 3.10. The van der Waals surface area contributed by atoms with Crippen molar-refractivity contribution in [2.75, 3.05) is 6.54 Å². The zero-order chi connectivity index (χ0) is 9.60. The van der Waals surface area contributed by atoms with Crippen molar-refractivity contribution >= 4 is 0 Å². The summed E-state index contributed by atoms with van der Waals surface area (Å²) < 4.78 is 0. The molecule has 1 nitrogen and oxygen atoms in total. The Morgan fingerprint density at radius 2 is 1.93 bits per heavy atom. The first-order chi connectivity index (χ1) is 6.84. The molecule has 3 unspecified atom stereocenters. The highest BCUT2D eigenvalue weighted by Gasteiger charge is 2.48. The van der Waals surface area contributed by atoms with Gasteiger partial charge in [-0.3, -0.25) is 0 Å². The number of fused-ring (bicyclic) bond motifs is 2.